The van der Waals surface area contributed by atoms with E-state index in [0.29, 0.717) is 21.7 Å². The largest absolute Gasteiger partial charge is 0.336 e. The number of hydrogen-bond acceptors (Lipinski definition) is 3. The quantitative estimate of drug-likeness (QED) is 0.493. The highest BCUT2D eigenvalue weighted by molar-refractivity contribution is 7.17. The molecular formula is C19H10ClF3N2O2S. The van der Waals surface area contributed by atoms with Crippen LogP contribution < -0.4 is 11.2 Å². The van der Waals surface area contributed by atoms with E-state index in [1.54, 1.807) is 11.4 Å². The molecule has 0 saturated heterocycles. The Bertz CT molecular complexity index is 1340. The summed E-state index contributed by atoms with van der Waals surface area (Å²) in [6.45, 7) is -0.0612. The molecule has 4 rings (SSSR count). The standard InChI is InChI=1S/C19H10ClF3N2O2S/c20-13-7-11(21)2-1-10(13)9-24-16-5-6-28-17(16)18(26)25(19(24)27)15-4-3-12(22)8-14(15)23/h1-8H,9H2. The van der Waals surface area contributed by atoms with Gasteiger partial charge in [0.1, 0.15) is 22.2 Å². The number of aromatic nitrogens is 2. The Hall–Kier alpha value is -2.84. The minimum absolute atomic E-state index is 0.0612. The molecule has 0 amide bonds. The molecule has 0 atom stereocenters. The maximum atomic E-state index is 14.3. The average molecular weight is 423 g/mol. The fraction of sp³-hybridized carbons (Fsp3) is 0.0526. The highest BCUT2D eigenvalue weighted by Crippen LogP contribution is 2.22. The number of fused-ring (bicyclic) bond motifs is 1. The molecule has 2 aromatic heterocycles. The van der Waals surface area contributed by atoms with Gasteiger partial charge in [0.2, 0.25) is 0 Å². The number of halogens is 4. The van der Waals surface area contributed by atoms with Gasteiger partial charge in [0.15, 0.2) is 0 Å². The van der Waals surface area contributed by atoms with E-state index in [9.17, 15) is 22.8 Å². The van der Waals surface area contributed by atoms with Gasteiger partial charge in [-0.05, 0) is 41.3 Å². The molecule has 0 aliphatic heterocycles. The van der Waals surface area contributed by atoms with Crippen LogP contribution in [0.1, 0.15) is 5.56 Å². The van der Waals surface area contributed by atoms with Crippen molar-refractivity contribution in [1.82, 2.24) is 9.13 Å². The Kier molecular flexibility index (Phi) is 4.60. The SMILES string of the molecule is O=c1c2sccc2n(Cc2ccc(F)cc2Cl)c(=O)n1-c1ccc(F)cc1F. The normalized spacial score (nSPS) is 11.3. The Morgan fingerprint density at radius 2 is 1.68 bits per heavy atom. The van der Waals surface area contributed by atoms with Crippen LogP contribution in [0.25, 0.3) is 15.9 Å². The van der Waals surface area contributed by atoms with Gasteiger partial charge in [0, 0.05) is 11.1 Å². The third kappa shape index (κ3) is 3.04. The van der Waals surface area contributed by atoms with Gasteiger partial charge < -0.3 is 0 Å². The molecule has 4 aromatic rings. The van der Waals surface area contributed by atoms with Crippen molar-refractivity contribution in [2.24, 2.45) is 0 Å². The van der Waals surface area contributed by atoms with Crippen LogP contribution in [-0.2, 0) is 6.54 Å². The number of rotatable bonds is 3. The van der Waals surface area contributed by atoms with E-state index in [4.69, 9.17) is 11.6 Å². The topological polar surface area (TPSA) is 44.0 Å². The lowest BCUT2D eigenvalue weighted by atomic mass is 10.2. The highest BCUT2D eigenvalue weighted by atomic mass is 35.5. The molecule has 0 aliphatic rings. The van der Waals surface area contributed by atoms with E-state index >= 15 is 0 Å². The smallest absolute Gasteiger partial charge is 0.288 e. The minimum Gasteiger partial charge on any atom is -0.288 e. The van der Waals surface area contributed by atoms with Crippen molar-refractivity contribution in [3.8, 4) is 5.69 Å². The van der Waals surface area contributed by atoms with Gasteiger partial charge in [-0.1, -0.05) is 17.7 Å². The van der Waals surface area contributed by atoms with Crippen LogP contribution in [0.2, 0.25) is 5.02 Å². The predicted octanol–water partition coefficient (Wildman–Crippen LogP) is 4.33. The fourth-order valence-corrected chi connectivity index (χ4v) is 3.99. The van der Waals surface area contributed by atoms with E-state index in [0.717, 1.165) is 29.5 Å². The number of thiophene rings is 1. The average Bonchev–Trinajstić information content (AvgIpc) is 3.12. The van der Waals surface area contributed by atoms with Crippen LogP contribution >= 0.6 is 22.9 Å². The Balaban J connectivity index is 2.00. The van der Waals surface area contributed by atoms with Crippen LogP contribution in [-0.4, -0.2) is 9.13 Å². The summed E-state index contributed by atoms with van der Waals surface area (Å²) in [5.41, 5.74) is -1.09. The molecule has 0 unspecified atom stereocenters. The third-order valence-electron chi connectivity index (χ3n) is 4.25. The van der Waals surface area contributed by atoms with Crippen LogP contribution in [0.5, 0.6) is 0 Å². The second-order valence-corrected chi connectivity index (χ2v) is 7.30. The highest BCUT2D eigenvalue weighted by Gasteiger charge is 2.19. The van der Waals surface area contributed by atoms with Gasteiger partial charge in [-0.25, -0.2) is 22.5 Å². The first kappa shape index (κ1) is 18.5. The van der Waals surface area contributed by atoms with Crippen molar-refractivity contribution in [2.75, 3.05) is 0 Å². The summed E-state index contributed by atoms with van der Waals surface area (Å²) in [6.07, 6.45) is 0. The van der Waals surface area contributed by atoms with Crippen LogP contribution in [0.3, 0.4) is 0 Å². The molecule has 0 radical (unpaired) electrons. The lowest BCUT2D eigenvalue weighted by Gasteiger charge is -2.13. The summed E-state index contributed by atoms with van der Waals surface area (Å²) in [6, 6.07) is 7.92. The summed E-state index contributed by atoms with van der Waals surface area (Å²) >= 11 is 7.15. The van der Waals surface area contributed by atoms with Gasteiger partial charge in [0.05, 0.1) is 17.7 Å². The molecule has 4 nitrogen and oxygen atoms in total. The molecular weight excluding hydrogens is 413 g/mol. The summed E-state index contributed by atoms with van der Waals surface area (Å²) < 4.78 is 43.0. The minimum atomic E-state index is -1.04. The van der Waals surface area contributed by atoms with Gasteiger partial charge >= 0.3 is 5.69 Å². The first-order valence-electron chi connectivity index (χ1n) is 7.99. The van der Waals surface area contributed by atoms with Crippen molar-refractivity contribution in [1.29, 1.82) is 0 Å². The van der Waals surface area contributed by atoms with Crippen molar-refractivity contribution in [3.05, 3.63) is 96.7 Å². The first-order chi connectivity index (χ1) is 13.4. The van der Waals surface area contributed by atoms with Crippen molar-refractivity contribution >= 4 is 33.2 Å². The number of hydrogen-bond donors (Lipinski definition) is 0. The number of nitrogens with zero attached hydrogens (tertiary/aromatic N) is 2. The molecule has 0 aliphatic carbocycles. The van der Waals surface area contributed by atoms with Gasteiger partial charge in [-0.3, -0.25) is 9.36 Å². The van der Waals surface area contributed by atoms with Gasteiger partial charge in [-0.2, -0.15) is 0 Å². The molecule has 2 heterocycles. The summed E-state index contributed by atoms with van der Waals surface area (Å²) in [5, 5.41) is 1.74. The van der Waals surface area contributed by atoms with Gasteiger partial charge in [0.25, 0.3) is 5.56 Å². The third-order valence-corrected chi connectivity index (χ3v) is 5.49. The van der Waals surface area contributed by atoms with E-state index in [1.165, 1.54) is 16.7 Å². The van der Waals surface area contributed by atoms with Crippen molar-refractivity contribution in [2.45, 2.75) is 6.54 Å². The zero-order chi connectivity index (χ0) is 20.0. The van der Waals surface area contributed by atoms with Crippen molar-refractivity contribution in [3.63, 3.8) is 0 Å². The lowest BCUT2D eigenvalue weighted by Crippen LogP contribution is -2.39. The monoisotopic (exact) mass is 422 g/mol. The molecule has 2 aromatic carbocycles. The molecule has 142 valence electrons. The second-order valence-electron chi connectivity index (χ2n) is 5.98. The molecule has 0 N–H and O–H groups in total. The van der Waals surface area contributed by atoms with Gasteiger partial charge in [-0.15, -0.1) is 11.3 Å². The van der Waals surface area contributed by atoms with E-state index in [2.05, 4.69) is 0 Å². The fourth-order valence-electron chi connectivity index (χ4n) is 2.94. The molecule has 0 spiro atoms. The molecule has 0 fully saturated rings. The Labute approximate surface area is 164 Å². The van der Waals surface area contributed by atoms with Crippen LogP contribution in [0.15, 0.2) is 57.4 Å². The maximum absolute atomic E-state index is 14.3. The van der Waals surface area contributed by atoms with Crippen LogP contribution in [0.4, 0.5) is 13.2 Å². The second kappa shape index (κ2) is 6.96. The maximum Gasteiger partial charge on any atom is 0.336 e. The van der Waals surface area contributed by atoms with E-state index in [1.807, 2.05) is 0 Å². The van der Waals surface area contributed by atoms with Crippen molar-refractivity contribution < 1.29 is 13.2 Å². The lowest BCUT2D eigenvalue weighted by molar-refractivity contribution is 0.572. The predicted molar refractivity (Wildman–Crippen MR) is 102 cm³/mol. The molecule has 28 heavy (non-hydrogen) atoms. The summed E-state index contributed by atoms with van der Waals surface area (Å²) in [4.78, 5) is 25.9. The Morgan fingerprint density at radius 3 is 2.39 bits per heavy atom. The van der Waals surface area contributed by atoms with Crippen LogP contribution in [0, 0.1) is 17.5 Å². The molecule has 0 saturated carbocycles. The van der Waals surface area contributed by atoms with E-state index < -0.39 is 28.7 Å². The Morgan fingerprint density at radius 1 is 0.964 bits per heavy atom. The summed E-state index contributed by atoms with van der Waals surface area (Å²) in [7, 11) is 0. The van der Waals surface area contributed by atoms with E-state index in [-0.39, 0.29) is 22.0 Å². The number of benzene rings is 2. The first-order valence-corrected chi connectivity index (χ1v) is 9.25. The molecule has 0 bridgehead atoms. The zero-order valence-corrected chi connectivity index (χ0v) is 15.5. The summed E-state index contributed by atoms with van der Waals surface area (Å²) in [5.74, 6) is -2.40. The molecule has 9 heteroatoms. The zero-order valence-electron chi connectivity index (χ0n) is 14.0.